The van der Waals surface area contributed by atoms with Gasteiger partial charge < -0.3 is 4.98 Å². The van der Waals surface area contributed by atoms with Gasteiger partial charge in [-0.15, -0.1) is 0 Å². The largest absolute Gasteiger partial charge is 0.311 e. The maximum absolute atomic E-state index is 11.4. The summed E-state index contributed by atoms with van der Waals surface area (Å²) < 4.78 is 2.87. The van der Waals surface area contributed by atoms with Crippen molar-refractivity contribution in [1.82, 2.24) is 24.3 Å². The molecule has 0 amide bonds. The van der Waals surface area contributed by atoms with Crippen molar-refractivity contribution in [3.63, 3.8) is 0 Å². The topological polar surface area (TPSA) is 112 Å². The van der Waals surface area contributed by atoms with E-state index in [1.54, 1.807) is 0 Å². The number of aromatic nitrogens is 5. The Labute approximate surface area is 98.5 Å². The molecule has 0 aliphatic heterocycles. The predicted molar refractivity (Wildman–Crippen MR) is 60.0 cm³/mol. The minimum absolute atomic E-state index is 0.0540. The monoisotopic (exact) mass is 246 g/mol. The number of nitro groups is 1. The van der Waals surface area contributed by atoms with E-state index in [0.717, 1.165) is 0 Å². The van der Waals surface area contributed by atoms with Gasteiger partial charge in [0.05, 0.1) is 11.3 Å². The van der Waals surface area contributed by atoms with E-state index < -0.39 is 4.92 Å². The molecule has 3 aromatic rings. The Morgan fingerprint density at radius 3 is 2.94 bits per heavy atom. The van der Waals surface area contributed by atoms with Gasteiger partial charge in [0.1, 0.15) is 12.5 Å². The van der Waals surface area contributed by atoms with Crippen LogP contribution in [-0.4, -0.2) is 29.2 Å². The van der Waals surface area contributed by atoms with Gasteiger partial charge in [0.2, 0.25) is 0 Å². The minimum Gasteiger partial charge on any atom is -0.311 e. The van der Waals surface area contributed by atoms with Crippen molar-refractivity contribution in [2.75, 3.05) is 0 Å². The molecule has 0 radical (unpaired) electrons. The van der Waals surface area contributed by atoms with E-state index in [1.807, 2.05) is 0 Å². The lowest BCUT2D eigenvalue weighted by atomic mass is 10.5. The number of hydrogen-bond acceptors (Lipinski definition) is 5. The molecule has 3 heterocycles. The van der Waals surface area contributed by atoms with Crippen LogP contribution in [-0.2, 0) is 0 Å². The van der Waals surface area contributed by atoms with Crippen molar-refractivity contribution in [1.29, 1.82) is 0 Å². The predicted octanol–water partition coefficient (Wildman–Crippen LogP) is 0.141. The van der Waals surface area contributed by atoms with E-state index in [9.17, 15) is 14.9 Å². The number of nitrogens with zero attached hydrogens (tertiary/aromatic N) is 5. The Morgan fingerprint density at radius 2 is 2.22 bits per heavy atom. The first-order chi connectivity index (χ1) is 8.66. The lowest BCUT2D eigenvalue weighted by Crippen LogP contribution is -2.10. The average molecular weight is 246 g/mol. The summed E-state index contributed by atoms with van der Waals surface area (Å²) in [4.78, 5) is 31.8. The van der Waals surface area contributed by atoms with Crippen molar-refractivity contribution in [2.45, 2.75) is 0 Å². The van der Waals surface area contributed by atoms with Crippen LogP contribution in [0.4, 0.5) is 5.69 Å². The Balaban J connectivity index is 2.22. The first kappa shape index (κ1) is 10.2. The van der Waals surface area contributed by atoms with Gasteiger partial charge in [-0.25, -0.2) is 14.6 Å². The normalized spacial score (nSPS) is 10.9. The number of aromatic amines is 1. The average Bonchev–Trinajstić information content (AvgIpc) is 2.94. The van der Waals surface area contributed by atoms with Crippen molar-refractivity contribution in [3.8, 4) is 0 Å². The summed E-state index contributed by atoms with van der Waals surface area (Å²) in [6.07, 6.45) is 5.42. The van der Waals surface area contributed by atoms with Crippen LogP contribution >= 0.6 is 0 Å². The second kappa shape index (κ2) is 3.52. The van der Waals surface area contributed by atoms with Crippen LogP contribution in [0.15, 0.2) is 35.9 Å². The molecule has 0 saturated heterocycles. The number of rotatable bonds is 2. The molecular weight excluding hydrogens is 240 g/mol. The second-order valence-corrected chi connectivity index (χ2v) is 3.50. The summed E-state index contributed by atoms with van der Waals surface area (Å²) in [5, 5.41) is 10.6. The third kappa shape index (κ3) is 1.38. The van der Waals surface area contributed by atoms with Crippen molar-refractivity contribution >= 4 is 16.9 Å². The van der Waals surface area contributed by atoms with E-state index in [4.69, 9.17) is 0 Å². The van der Waals surface area contributed by atoms with Crippen molar-refractivity contribution in [2.24, 2.45) is 0 Å². The smallest absolute Gasteiger partial charge is 0.289 e. The van der Waals surface area contributed by atoms with Crippen LogP contribution in [0.25, 0.3) is 11.2 Å². The third-order valence-corrected chi connectivity index (χ3v) is 2.44. The molecule has 3 rings (SSSR count). The van der Waals surface area contributed by atoms with Gasteiger partial charge in [-0.05, 0) is 0 Å². The second-order valence-electron chi connectivity index (χ2n) is 3.50. The lowest BCUT2D eigenvalue weighted by Gasteiger charge is -2.02. The molecule has 0 spiro atoms. The van der Waals surface area contributed by atoms with Crippen LogP contribution < -0.4 is 5.56 Å². The Kier molecular flexibility index (Phi) is 1.99. The molecule has 0 bridgehead atoms. The summed E-state index contributed by atoms with van der Waals surface area (Å²) in [6, 6.07) is 1.35. The molecule has 1 N–H and O–H groups in total. The fourth-order valence-corrected chi connectivity index (χ4v) is 1.62. The highest BCUT2D eigenvalue weighted by molar-refractivity contribution is 5.68. The van der Waals surface area contributed by atoms with Crippen LogP contribution in [0.3, 0.4) is 0 Å². The molecule has 0 aromatic carbocycles. The number of imidazole rings is 1. The highest BCUT2D eigenvalue weighted by Gasteiger charge is 2.12. The Hall–Kier alpha value is -2.97. The van der Waals surface area contributed by atoms with Crippen molar-refractivity contribution in [3.05, 3.63) is 51.6 Å². The molecule has 9 nitrogen and oxygen atoms in total. The fourth-order valence-electron chi connectivity index (χ4n) is 1.62. The maximum Gasteiger partial charge on any atom is 0.289 e. The highest BCUT2D eigenvalue weighted by atomic mass is 16.6. The van der Waals surface area contributed by atoms with Gasteiger partial charge in [-0.3, -0.25) is 19.6 Å². The number of fused-ring (bicyclic) bond motifs is 1. The van der Waals surface area contributed by atoms with Gasteiger partial charge in [-0.1, -0.05) is 0 Å². The molecule has 0 aliphatic rings. The lowest BCUT2D eigenvalue weighted by molar-refractivity contribution is -0.384. The molecule has 3 aromatic heterocycles. The zero-order valence-corrected chi connectivity index (χ0v) is 8.85. The molecule has 18 heavy (non-hydrogen) atoms. The summed E-state index contributed by atoms with van der Waals surface area (Å²) >= 11 is 0. The van der Waals surface area contributed by atoms with E-state index in [0.29, 0.717) is 5.65 Å². The van der Waals surface area contributed by atoms with Crippen LogP contribution in [0.1, 0.15) is 0 Å². The van der Waals surface area contributed by atoms with Gasteiger partial charge in [0, 0.05) is 12.3 Å². The van der Waals surface area contributed by atoms with Gasteiger partial charge in [0.25, 0.3) is 11.2 Å². The molecule has 90 valence electrons. The molecule has 9 heteroatoms. The molecule has 0 saturated carbocycles. The standard InChI is InChI=1S/C9H6N6O3/c16-9-7-8(10-4-11-9)14(5-12-7)13-2-1-6(3-13)15(17)18/h1-5H,(H,10,11,16). The van der Waals surface area contributed by atoms with E-state index >= 15 is 0 Å². The van der Waals surface area contributed by atoms with E-state index in [1.165, 1.54) is 40.5 Å². The number of H-pyrrole nitrogens is 1. The maximum atomic E-state index is 11.4. The van der Waals surface area contributed by atoms with Gasteiger partial charge in [-0.2, -0.15) is 0 Å². The SMILES string of the molecule is O=c1[nH]cnc2c1ncn2-n1ccc([N+](=O)[O-])c1. The zero-order valence-electron chi connectivity index (χ0n) is 8.85. The van der Waals surface area contributed by atoms with E-state index in [-0.39, 0.29) is 16.8 Å². The summed E-state index contributed by atoms with van der Waals surface area (Å²) in [7, 11) is 0. The quantitative estimate of drug-likeness (QED) is 0.510. The van der Waals surface area contributed by atoms with Gasteiger partial charge in [0.15, 0.2) is 11.2 Å². The zero-order chi connectivity index (χ0) is 12.7. The Morgan fingerprint density at radius 1 is 1.39 bits per heavy atom. The summed E-state index contributed by atoms with van der Waals surface area (Å²) in [5.41, 5.74) is 0.0835. The molecule has 0 aliphatic carbocycles. The van der Waals surface area contributed by atoms with Crippen molar-refractivity contribution < 1.29 is 4.92 Å². The molecule has 0 atom stereocenters. The van der Waals surface area contributed by atoms with Crippen LogP contribution in [0, 0.1) is 10.1 Å². The molecule has 0 unspecified atom stereocenters. The summed E-state index contributed by atoms with van der Waals surface area (Å²) in [5.74, 6) is 0. The molecular formula is C9H6N6O3. The van der Waals surface area contributed by atoms with Crippen LogP contribution in [0.5, 0.6) is 0 Å². The molecule has 0 fully saturated rings. The van der Waals surface area contributed by atoms with Gasteiger partial charge >= 0.3 is 0 Å². The number of hydrogen-bond donors (Lipinski definition) is 1. The Bertz CT molecular complexity index is 798. The third-order valence-electron chi connectivity index (χ3n) is 2.44. The first-order valence-corrected chi connectivity index (χ1v) is 4.90. The van der Waals surface area contributed by atoms with E-state index in [2.05, 4.69) is 15.0 Å². The summed E-state index contributed by atoms with van der Waals surface area (Å²) in [6.45, 7) is 0. The first-order valence-electron chi connectivity index (χ1n) is 4.90. The highest BCUT2D eigenvalue weighted by Crippen LogP contribution is 2.13. The minimum atomic E-state index is -0.504. The van der Waals surface area contributed by atoms with Crippen LogP contribution in [0.2, 0.25) is 0 Å². The fraction of sp³-hybridized carbons (Fsp3) is 0. The number of nitrogens with one attached hydrogen (secondary N) is 1.